The normalized spacial score (nSPS) is 11.6. The monoisotopic (exact) mass is 387 g/mol. The molecule has 3 rings (SSSR count). The van der Waals surface area contributed by atoms with E-state index in [0.717, 1.165) is 22.5 Å². The summed E-state index contributed by atoms with van der Waals surface area (Å²) in [6.07, 6.45) is 0.188. The van der Waals surface area contributed by atoms with Gasteiger partial charge < -0.3 is 4.98 Å². The molecule has 0 saturated carbocycles. The second-order valence-corrected chi connectivity index (χ2v) is 7.83. The maximum absolute atomic E-state index is 12.3. The molecule has 0 fully saturated rings. The first-order valence-electron chi connectivity index (χ1n) is 8.13. The number of nitro groups is 1. The zero-order chi connectivity index (χ0) is 19.6. The molecule has 8 nitrogen and oxygen atoms in total. The third kappa shape index (κ3) is 4.04. The van der Waals surface area contributed by atoms with Crippen molar-refractivity contribution in [2.45, 2.75) is 18.2 Å². The van der Waals surface area contributed by atoms with Crippen molar-refractivity contribution < 1.29 is 13.3 Å². The number of para-hydroxylation sites is 1. The maximum atomic E-state index is 12.3. The average molecular weight is 387 g/mol. The zero-order valence-corrected chi connectivity index (χ0v) is 15.2. The minimum absolute atomic E-state index is 0.00850. The van der Waals surface area contributed by atoms with Crippen molar-refractivity contribution in [2.24, 2.45) is 0 Å². The molecule has 0 radical (unpaired) electrons. The predicted molar refractivity (Wildman–Crippen MR) is 101 cm³/mol. The highest BCUT2D eigenvalue weighted by Gasteiger charge is 2.17. The van der Waals surface area contributed by atoms with Gasteiger partial charge in [0.15, 0.2) is 0 Å². The quantitative estimate of drug-likeness (QED) is 0.496. The van der Waals surface area contributed by atoms with Crippen LogP contribution < -0.4 is 10.3 Å². The number of non-ortho nitro benzene ring substituents is 1. The number of aryl methyl sites for hydroxylation is 1. The van der Waals surface area contributed by atoms with Gasteiger partial charge in [-0.2, -0.15) is 0 Å². The number of hydrogen-bond donors (Lipinski definition) is 2. The highest BCUT2D eigenvalue weighted by molar-refractivity contribution is 7.89. The third-order valence-electron chi connectivity index (χ3n) is 4.19. The van der Waals surface area contributed by atoms with Crippen LogP contribution in [0.3, 0.4) is 0 Å². The molecule has 0 aliphatic heterocycles. The molecule has 1 aromatic heterocycles. The van der Waals surface area contributed by atoms with Gasteiger partial charge in [-0.05, 0) is 36.4 Å². The van der Waals surface area contributed by atoms with Crippen LogP contribution in [0.5, 0.6) is 0 Å². The fraction of sp³-hybridized carbons (Fsp3) is 0.167. The Kier molecular flexibility index (Phi) is 5.06. The lowest BCUT2D eigenvalue weighted by atomic mass is 10.1. The summed E-state index contributed by atoms with van der Waals surface area (Å²) in [6.45, 7) is 1.89. The van der Waals surface area contributed by atoms with E-state index >= 15 is 0 Å². The van der Waals surface area contributed by atoms with Crippen LogP contribution in [0.15, 0.2) is 58.2 Å². The topological polar surface area (TPSA) is 122 Å². The Morgan fingerprint density at radius 2 is 1.89 bits per heavy atom. The maximum Gasteiger partial charge on any atom is 0.270 e. The molecule has 140 valence electrons. The van der Waals surface area contributed by atoms with E-state index in [2.05, 4.69) is 9.71 Å². The first-order valence-corrected chi connectivity index (χ1v) is 9.62. The van der Waals surface area contributed by atoms with E-state index < -0.39 is 14.9 Å². The number of rotatable bonds is 6. The smallest absolute Gasteiger partial charge is 0.270 e. The Morgan fingerprint density at radius 1 is 1.15 bits per heavy atom. The van der Waals surface area contributed by atoms with Gasteiger partial charge in [-0.3, -0.25) is 14.9 Å². The summed E-state index contributed by atoms with van der Waals surface area (Å²) < 4.78 is 27.0. The average Bonchev–Trinajstić information content (AvgIpc) is 2.63. The summed E-state index contributed by atoms with van der Waals surface area (Å²) in [5.74, 6) is 0. The lowest BCUT2D eigenvalue weighted by Gasteiger charge is -2.08. The number of nitrogens with zero attached hydrogens (tertiary/aromatic N) is 1. The molecule has 0 atom stereocenters. The van der Waals surface area contributed by atoms with Gasteiger partial charge in [-0.25, -0.2) is 13.1 Å². The number of sulfonamides is 1. The largest absolute Gasteiger partial charge is 0.321 e. The van der Waals surface area contributed by atoms with Crippen molar-refractivity contribution in [3.05, 3.63) is 80.1 Å². The van der Waals surface area contributed by atoms with Gasteiger partial charge in [0, 0.05) is 24.2 Å². The third-order valence-corrected chi connectivity index (χ3v) is 5.65. The number of fused-ring (bicyclic) bond motifs is 1. The molecule has 0 spiro atoms. The number of nitrogens with one attached hydrogen (secondary N) is 2. The van der Waals surface area contributed by atoms with Crippen LogP contribution >= 0.6 is 0 Å². The number of benzene rings is 2. The van der Waals surface area contributed by atoms with E-state index in [1.165, 1.54) is 18.2 Å². The number of aromatic nitrogens is 1. The lowest BCUT2D eigenvalue weighted by molar-refractivity contribution is -0.385. The van der Waals surface area contributed by atoms with Gasteiger partial charge in [0.1, 0.15) is 0 Å². The van der Waals surface area contributed by atoms with E-state index in [1.54, 1.807) is 6.07 Å². The molecular formula is C18H17N3O5S. The molecule has 1 heterocycles. The summed E-state index contributed by atoms with van der Waals surface area (Å²) in [5, 5.41) is 11.7. The van der Waals surface area contributed by atoms with Crippen LogP contribution in [0.4, 0.5) is 5.69 Å². The highest BCUT2D eigenvalue weighted by atomic mass is 32.2. The van der Waals surface area contributed by atoms with Crippen LogP contribution in [-0.2, 0) is 16.4 Å². The molecule has 27 heavy (non-hydrogen) atoms. The SMILES string of the molecule is Cc1cccc2cc(CCNS(=O)(=O)c3cccc([N+](=O)[O-])c3)c(=O)[nH]c12. The van der Waals surface area contributed by atoms with E-state index in [9.17, 15) is 23.3 Å². The van der Waals surface area contributed by atoms with Gasteiger partial charge in [-0.15, -0.1) is 0 Å². The van der Waals surface area contributed by atoms with Crippen LogP contribution in [0.25, 0.3) is 10.9 Å². The molecular weight excluding hydrogens is 370 g/mol. The fourth-order valence-electron chi connectivity index (χ4n) is 2.78. The van der Waals surface area contributed by atoms with Crippen molar-refractivity contribution in [1.29, 1.82) is 0 Å². The minimum Gasteiger partial charge on any atom is -0.321 e. The fourth-order valence-corrected chi connectivity index (χ4v) is 3.85. The Morgan fingerprint density at radius 3 is 2.63 bits per heavy atom. The minimum atomic E-state index is -3.92. The molecule has 0 unspecified atom stereocenters. The zero-order valence-electron chi connectivity index (χ0n) is 14.4. The summed E-state index contributed by atoms with van der Waals surface area (Å²) in [6, 6.07) is 12.2. The van der Waals surface area contributed by atoms with Gasteiger partial charge in [-0.1, -0.05) is 24.3 Å². The van der Waals surface area contributed by atoms with Crippen molar-refractivity contribution in [3.63, 3.8) is 0 Å². The van der Waals surface area contributed by atoms with Gasteiger partial charge in [0.2, 0.25) is 10.0 Å². The molecule has 2 aromatic carbocycles. The van der Waals surface area contributed by atoms with E-state index in [4.69, 9.17) is 0 Å². The molecule has 9 heteroatoms. The van der Waals surface area contributed by atoms with Crippen LogP contribution in [-0.4, -0.2) is 24.9 Å². The van der Waals surface area contributed by atoms with E-state index in [0.29, 0.717) is 5.56 Å². The standard InChI is InChI=1S/C18H17N3O5S/c1-12-4-2-5-13-10-14(18(22)20-17(12)13)8-9-19-27(25,26)16-7-3-6-15(11-16)21(23)24/h2-7,10-11,19H,8-9H2,1H3,(H,20,22). The summed E-state index contributed by atoms with van der Waals surface area (Å²) in [5.41, 5.74) is 1.58. The molecule has 0 bridgehead atoms. The highest BCUT2D eigenvalue weighted by Crippen LogP contribution is 2.17. The molecule has 3 aromatic rings. The Hall–Kier alpha value is -3.04. The van der Waals surface area contributed by atoms with E-state index in [-0.39, 0.29) is 29.1 Å². The van der Waals surface area contributed by atoms with Gasteiger partial charge in [0.05, 0.1) is 15.3 Å². The van der Waals surface area contributed by atoms with Crippen LogP contribution in [0.2, 0.25) is 0 Å². The Bertz CT molecular complexity index is 1190. The second kappa shape index (κ2) is 7.29. The van der Waals surface area contributed by atoms with Crippen molar-refractivity contribution in [2.75, 3.05) is 6.54 Å². The second-order valence-electron chi connectivity index (χ2n) is 6.07. The molecule has 0 saturated heterocycles. The number of aromatic amines is 1. The van der Waals surface area contributed by atoms with Crippen molar-refractivity contribution >= 4 is 26.6 Å². The number of H-pyrrole nitrogens is 1. The first kappa shape index (κ1) is 18.7. The molecule has 0 aliphatic rings. The molecule has 0 aliphatic carbocycles. The Balaban J connectivity index is 1.77. The molecule has 0 amide bonds. The predicted octanol–water partition coefficient (Wildman–Crippen LogP) is 2.27. The number of hydrogen-bond acceptors (Lipinski definition) is 5. The van der Waals surface area contributed by atoms with Crippen molar-refractivity contribution in [1.82, 2.24) is 9.71 Å². The van der Waals surface area contributed by atoms with Gasteiger partial charge >= 0.3 is 0 Å². The van der Waals surface area contributed by atoms with Gasteiger partial charge in [0.25, 0.3) is 11.2 Å². The summed E-state index contributed by atoms with van der Waals surface area (Å²) >= 11 is 0. The van der Waals surface area contributed by atoms with E-state index in [1.807, 2.05) is 25.1 Å². The number of nitro benzene ring substituents is 1. The Labute approximate surface area is 155 Å². The number of pyridine rings is 1. The first-order chi connectivity index (χ1) is 12.8. The molecule has 2 N–H and O–H groups in total. The van der Waals surface area contributed by atoms with Crippen molar-refractivity contribution in [3.8, 4) is 0 Å². The van der Waals surface area contributed by atoms with Crippen LogP contribution in [0.1, 0.15) is 11.1 Å². The lowest BCUT2D eigenvalue weighted by Crippen LogP contribution is -2.27. The summed E-state index contributed by atoms with van der Waals surface area (Å²) in [7, 11) is -3.92. The summed E-state index contributed by atoms with van der Waals surface area (Å²) in [4.78, 5) is 25.0. The van der Waals surface area contributed by atoms with Crippen LogP contribution in [0, 0.1) is 17.0 Å².